The van der Waals surface area contributed by atoms with Gasteiger partial charge in [-0.15, -0.1) is 11.3 Å². The topological polar surface area (TPSA) is 38.0 Å². The molecule has 0 saturated carbocycles. The molecule has 1 aromatic heterocycles. The summed E-state index contributed by atoms with van der Waals surface area (Å²) >= 11 is 13.8. The van der Waals surface area contributed by atoms with Crippen LogP contribution in [-0.4, -0.2) is 6.04 Å². The van der Waals surface area contributed by atoms with Crippen molar-refractivity contribution in [3.8, 4) is 0 Å². The summed E-state index contributed by atoms with van der Waals surface area (Å²) in [7, 11) is 0. The molecule has 1 heterocycles. The minimum atomic E-state index is 0.169. The van der Waals surface area contributed by atoms with Crippen molar-refractivity contribution in [3.05, 3.63) is 56.2 Å². The first-order valence-corrected chi connectivity index (χ1v) is 7.25. The number of hydrogen-bond donors (Lipinski definition) is 2. The molecule has 1 atom stereocenters. The van der Waals surface area contributed by atoms with Gasteiger partial charge in [0.05, 0.1) is 0 Å². The second-order valence-corrected chi connectivity index (χ2v) is 5.96. The zero-order chi connectivity index (χ0) is 13.0. The highest BCUT2D eigenvalue weighted by molar-refractivity contribution is 7.09. The minimum absolute atomic E-state index is 0.169. The van der Waals surface area contributed by atoms with Gasteiger partial charge in [-0.1, -0.05) is 35.3 Å². The van der Waals surface area contributed by atoms with Crippen molar-refractivity contribution < 1.29 is 0 Å². The van der Waals surface area contributed by atoms with Gasteiger partial charge in [0.15, 0.2) is 0 Å². The van der Waals surface area contributed by atoms with Crippen LogP contribution in [0, 0.1) is 0 Å². The van der Waals surface area contributed by atoms with Crippen LogP contribution in [0.15, 0.2) is 35.7 Å². The monoisotopic (exact) mass is 300 g/mol. The highest BCUT2D eigenvalue weighted by Crippen LogP contribution is 2.23. The van der Waals surface area contributed by atoms with Gasteiger partial charge in [-0.2, -0.15) is 0 Å². The number of hydrazine groups is 1. The van der Waals surface area contributed by atoms with Gasteiger partial charge in [-0.25, -0.2) is 0 Å². The average Bonchev–Trinajstić information content (AvgIpc) is 2.84. The van der Waals surface area contributed by atoms with Gasteiger partial charge >= 0.3 is 0 Å². The lowest BCUT2D eigenvalue weighted by molar-refractivity contribution is 0.526. The van der Waals surface area contributed by atoms with Crippen molar-refractivity contribution in [2.75, 3.05) is 0 Å². The molecule has 2 aromatic rings. The van der Waals surface area contributed by atoms with Crippen LogP contribution in [0.25, 0.3) is 0 Å². The molecule has 0 radical (unpaired) electrons. The highest BCUT2D eigenvalue weighted by Gasteiger charge is 2.12. The second-order valence-electron chi connectivity index (χ2n) is 4.09. The van der Waals surface area contributed by atoms with Crippen LogP contribution >= 0.6 is 34.5 Å². The first-order chi connectivity index (χ1) is 8.69. The Balaban J connectivity index is 2.05. The Bertz CT molecular complexity index is 500. The maximum absolute atomic E-state index is 6.16. The molecule has 2 nitrogen and oxygen atoms in total. The number of nitrogens with two attached hydrogens (primary N) is 1. The summed E-state index contributed by atoms with van der Waals surface area (Å²) in [5.74, 6) is 5.60. The number of hydrogen-bond acceptors (Lipinski definition) is 3. The van der Waals surface area contributed by atoms with Gasteiger partial charge in [-0.05, 0) is 42.0 Å². The van der Waals surface area contributed by atoms with Gasteiger partial charge in [0, 0.05) is 21.0 Å². The molecule has 0 spiro atoms. The smallest absolute Gasteiger partial charge is 0.0453 e. The Morgan fingerprint density at radius 2 is 2.06 bits per heavy atom. The molecular weight excluding hydrogens is 287 g/mol. The molecule has 0 aliphatic carbocycles. The van der Waals surface area contributed by atoms with Crippen LogP contribution < -0.4 is 11.3 Å². The maximum Gasteiger partial charge on any atom is 0.0453 e. The summed E-state index contributed by atoms with van der Waals surface area (Å²) in [6, 6.07) is 9.88. The number of rotatable bonds is 5. The van der Waals surface area contributed by atoms with Gasteiger partial charge in [0.1, 0.15) is 0 Å². The fraction of sp³-hybridized carbons (Fsp3) is 0.231. The fourth-order valence-electron chi connectivity index (χ4n) is 1.81. The average molecular weight is 301 g/mol. The predicted molar refractivity (Wildman–Crippen MR) is 79.3 cm³/mol. The van der Waals surface area contributed by atoms with E-state index in [0.29, 0.717) is 10.0 Å². The van der Waals surface area contributed by atoms with E-state index in [9.17, 15) is 0 Å². The summed E-state index contributed by atoms with van der Waals surface area (Å²) in [4.78, 5) is 1.31. The lowest BCUT2D eigenvalue weighted by Gasteiger charge is -2.16. The normalized spacial score (nSPS) is 12.6. The van der Waals surface area contributed by atoms with E-state index in [-0.39, 0.29) is 6.04 Å². The van der Waals surface area contributed by atoms with E-state index in [1.807, 2.05) is 18.2 Å². The van der Waals surface area contributed by atoms with Crippen molar-refractivity contribution in [2.45, 2.75) is 18.9 Å². The number of halogens is 2. The predicted octanol–water partition coefficient (Wildman–Crippen LogP) is 3.67. The van der Waals surface area contributed by atoms with E-state index in [4.69, 9.17) is 29.0 Å². The van der Waals surface area contributed by atoms with E-state index in [0.717, 1.165) is 18.4 Å². The van der Waals surface area contributed by atoms with Crippen LogP contribution in [0.3, 0.4) is 0 Å². The summed E-state index contributed by atoms with van der Waals surface area (Å²) < 4.78 is 0. The molecule has 1 unspecified atom stereocenters. The van der Waals surface area contributed by atoms with E-state index in [2.05, 4.69) is 16.9 Å². The van der Waals surface area contributed by atoms with Crippen LogP contribution in [0.4, 0.5) is 0 Å². The quantitative estimate of drug-likeness (QED) is 0.653. The third-order valence-corrected chi connectivity index (χ3v) is 4.23. The summed E-state index contributed by atoms with van der Waals surface area (Å²) in [6.45, 7) is 0. The number of thiophene rings is 1. The molecule has 5 heteroatoms. The summed E-state index contributed by atoms with van der Waals surface area (Å²) in [5, 5.41) is 3.41. The van der Waals surface area contributed by atoms with Crippen LogP contribution in [0.5, 0.6) is 0 Å². The molecular formula is C13H14Cl2N2S. The van der Waals surface area contributed by atoms with Crippen LogP contribution in [-0.2, 0) is 12.8 Å². The Hall–Kier alpha value is -0.580. The zero-order valence-corrected chi connectivity index (χ0v) is 12.0. The molecule has 0 aliphatic heterocycles. The Morgan fingerprint density at radius 1 is 1.22 bits per heavy atom. The van der Waals surface area contributed by atoms with E-state index >= 15 is 0 Å². The third kappa shape index (κ3) is 3.70. The molecule has 0 fully saturated rings. The number of nitrogens with one attached hydrogen (secondary N) is 1. The van der Waals surface area contributed by atoms with Crippen molar-refractivity contribution in [1.82, 2.24) is 5.43 Å². The van der Waals surface area contributed by atoms with Crippen molar-refractivity contribution in [1.29, 1.82) is 0 Å². The molecule has 96 valence electrons. The largest absolute Gasteiger partial charge is 0.271 e. The lowest BCUT2D eigenvalue weighted by atomic mass is 10.0. The Kier molecular flexibility index (Phi) is 5.03. The van der Waals surface area contributed by atoms with Gasteiger partial charge in [0.2, 0.25) is 0 Å². The van der Waals surface area contributed by atoms with Gasteiger partial charge in [0.25, 0.3) is 0 Å². The zero-order valence-electron chi connectivity index (χ0n) is 9.70. The maximum atomic E-state index is 6.16. The van der Waals surface area contributed by atoms with Crippen molar-refractivity contribution in [2.24, 2.45) is 5.84 Å². The van der Waals surface area contributed by atoms with Gasteiger partial charge in [-0.3, -0.25) is 11.3 Å². The highest BCUT2D eigenvalue weighted by atomic mass is 35.5. The molecule has 2 rings (SSSR count). The third-order valence-electron chi connectivity index (χ3n) is 2.74. The molecule has 3 N–H and O–H groups in total. The Labute approximate surface area is 121 Å². The minimum Gasteiger partial charge on any atom is -0.271 e. The van der Waals surface area contributed by atoms with Crippen LogP contribution in [0.1, 0.15) is 10.4 Å². The standard InChI is InChI=1S/C13H14Cl2N2S/c14-10-4-3-9(13(15)7-10)6-11(17-16)8-12-2-1-5-18-12/h1-5,7,11,17H,6,8,16H2. The van der Waals surface area contributed by atoms with E-state index in [1.54, 1.807) is 17.4 Å². The SMILES string of the molecule is NNC(Cc1cccs1)Cc1ccc(Cl)cc1Cl. The molecule has 0 amide bonds. The molecule has 0 saturated heterocycles. The van der Waals surface area contributed by atoms with E-state index < -0.39 is 0 Å². The molecule has 18 heavy (non-hydrogen) atoms. The van der Waals surface area contributed by atoms with E-state index in [1.165, 1.54) is 4.88 Å². The van der Waals surface area contributed by atoms with Crippen molar-refractivity contribution in [3.63, 3.8) is 0 Å². The summed E-state index contributed by atoms with van der Waals surface area (Å²) in [5.41, 5.74) is 3.90. The van der Waals surface area contributed by atoms with Crippen molar-refractivity contribution >= 4 is 34.5 Å². The fourth-order valence-corrected chi connectivity index (χ4v) is 3.09. The number of benzene rings is 1. The first kappa shape index (κ1) is 13.8. The van der Waals surface area contributed by atoms with Gasteiger partial charge < -0.3 is 0 Å². The molecule has 0 bridgehead atoms. The summed E-state index contributed by atoms with van der Waals surface area (Å²) in [6.07, 6.45) is 1.68. The molecule has 1 aromatic carbocycles. The molecule has 0 aliphatic rings. The van der Waals surface area contributed by atoms with Crippen LogP contribution in [0.2, 0.25) is 10.0 Å². The first-order valence-electron chi connectivity index (χ1n) is 5.61. The Morgan fingerprint density at radius 3 is 2.67 bits per heavy atom. The lowest BCUT2D eigenvalue weighted by Crippen LogP contribution is -2.38. The second kappa shape index (κ2) is 6.55.